The molecule has 1 aromatic carbocycles. The van der Waals surface area contributed by atoms with Crippen molar-refractivity contribution < 1.29 is 19.1 Å². The first-order chi connectivity index (χ1) is 12.7. The number of nitrogens with zero attached hydrogens (tertiary/aromatic N) is 2. The Bertz CT molecular complexity index is 708. The number of rotatable bonds is 7. The van der Waals surface area contributed by atoms with Gasteiger partial charge in [0.2, 0.25) is 0 Å². The maximum atomic E-state index is 13.2. The maximum Gasteiger partial charge on any atom is 0.277 e. The summed E-state index contributed by atoms with van der Waals surface area (Å²) >= 11 is 0. The third kappa shape index (κ3) is 3.46. The molecule has 0 radical (unpaired) electrons. The third-order valence-electron chi connectivity index (χ3n) is 4.92. The van der Waals surface area contributed by atoms with Gasteiger partial charge >= 0.3 is 0 Å². The Morgan fingerprint density at radius 1 is 1.00 bits per heavy atom. The van der Waals surface area contributed by atoms with E-state index in [1.54, 1.807) is 14.2 Å². The van der Waals surface area contributed by atoms with Gasteiger partial charge in [-0.3, -0.25) is 14.5 Å². The van der Waals surface area contributed by atoms with Crippen molar-refractivity contribution in [1.82, 2.24) is 9.80 Å². The molecule has 0 atom stereocenters. The highest BCUT2D eigenvalue weighted by Gasteiger charge is 2.42. The number of carbonyl (C=O) groups excluding carboxylic acids is 2. The number of hydrogen-bond donors (Lipinski definition) is 0. The Morgan fingerprint density at radius 2 is 1.73 bits per heavy atom. The molecule has 0 unspecified atom stereocenters. The lowest BCUT2D eigenvalue weighted by atomic mass is 10.0. The summed E-state index contributed by atoms with van der Waals surface area (Å²) in [5.41, 5.74) is 1.67. The van der Waals surface area contributed by atoms with Gasteiger partial charge in [-0.15, -0.1) is 0 Å². The van der Waals surface area contributed by atoms with Gasteiger partial charge in [0.1, 0.15) is 11.4 Å². The first-order valence-electron chi connectivity index (χ1n) is 9.16. The van der Waals surface area contributed by atoms with Gasteiger partial charge in [0.05, 0.1) is 12.7 Å². The first kappa shape index (κ1) is 18.5. The first-order valence-corrected chi connectivity index (χ1v) is 9.16. The second-order valence-corrected chi connectivity index (χ2v) is 6.58. The number of ether oxygens (including phenoxy) is 2. The molecule has 26 heavy (non-hydrogen) atoms. The van der Waals surface area contributed by atoms with Crippen LogP contribution in [0.2, 0.25) is 0 Å². The van der Waals surface area contributed by atoms with Gasteiger partial charge < -0.3 is 14.4 Å². The van der Waals surface area contributed by atoms with Crippen LogP contribution in [0.15, 0.2) is 30.0 Å². The molecule has 0 spiro atoms. The van der Waals surface area contributed by atoms with Crippen LogP contribution in [0.4, 0.5) is 0 Å². The van der Waals surface area contributed by atoms with E-state index in [-0.39, 0.29) is 11.8 Å². The molecule has 2 amide bonds. The van der Waals surface area contributed by atoms with E-state index in [0.717, 1.165) is 32.4 Å². The molecule has 140 valence electrons. The fraction of sp³-hybridized carbons (Fsp3) is 0.500. The standard InChI is InChI=1S/C20H26N2O4/c1-25-14-8-13-22-19(23)17(15-9-4-5-10-16(15)26-2)18(20(22)24)21-11-6-3-7-12-21/h4-5,9-10H,3,6-8,11-14H2,1-2H3. The van der Waals surface area contributed by atoms with Crippen molar-refractivity contribution in [1.29, 1.82) is 0 Å². The molecule has 2 aliphatic rings. The van der Waals surface area contributed by atoms with Crippen molar-refractivity contribution >= 4 is 17.4 Å². The van der Waals surface area contributed by atoms with Crippen LogP contribution < -0.4 is 4.74 Å². The summed E-state index contributed by atoms with van der Waals surface area (Å²) in [6.07, 6.45) is 3.86. The molecular weight excluding hydrogens is 332 g/mol. The number of imide groups is 1. The molecule has 0 bridgehead atoms. The monoisotopic (exact) mass is 358 g/mol. The van der Waals surface area contributed by atoms with Crippen molar-refractivity contribution in [2.45, 2.75) is 25.7 Å². The summed E-state index contributed by atoms with van der Waals surface area (Å²) in [6.45, 7) is 2.49. The Morgan fingerprint density at radius 3 is 2.42 bits per heavy atom. The molecule has 3 rings (SSSR count). The average Bonchev–Trinajstić information content (AvgIpc) is 2.93. The maximum absolute atomic E-state index is 13.2. The molecule has 1 aromatic rings. The number of carbonyl (C=O) groups is 2. The van der Waals surface area contributed by atoms with Gasteiger partial charge in [-0.1, -0.05) is 18.2 Å². The van der Waals surface area contributed by atoms with E-state index in [2.05, 4.69) is 4.90 Å². The van der Waals surface area contributed by atoms with Gasteiger partial charge in [0, 0.05) is 38.9 Å². The van der Waals surface area contributed by atoms with Crippen molar-refractivity contribution in [3.8, 4) is 5.75 Å². The predicted molar refractivity (Wildman–Crippen MR) is 98.6 cm³/mol. The molecule has 2 heterocycles. The highest BCUT2D eigenvalue weighted by Crippen LogP contribution is 2.37. The Labute approximate surface area is 154 Å². The molecule has 0 saturated carbocycles. The Balaban J connectivity index is 2.02. The van der Waals surface area contributed by atoms with Gasteiger partial charge in [-0.05, 0) is 31.7 Å². The van der Waals surface area contributed by atoms with E-state index < -0.39 is 0 Å². The summed E-state index contributed by atoms with van der Waals surface area (Å²) in [4.78, 5) is 29.7. The molecule has 1 fully saturated rings. The number of likely N-dealkylation sites (tertiary alicyclic amines) is 1. The van der Waals surface area contributed by atoms with Crippen LogP contribution in [-0.4, -0.2) is 62.1 Å². The van der Waals surface area contributed by atoms with Gasteiger partial charge in [0.15, 0.2) is 0 Å². The smallest absolute Gasteiger partial charge is 0.277 e. The second-order valence-electron chi connectivity index (χ2n) is 6.58. The summed E-state index contributed by atoms with van der Waals surface area (Å²) in [7, 11) is 3.20. The van der Waals surface area contributed by atoms with Crippen LogP contribution in [0.5, 0.6) is 5.75 Å². The lowest BCUT2D eigenvalue weighted by Gasteiger charge is -2.29. The largest absolute Gasteiger partial charge is 0.496 e. The highest BCUT2D eigenvalue weighted by molar-refractivity contribution is 6.36. The van der Waals surface area contributed by atoms with Gasteiger partial charge in [-0.2, -0.15) is 0 Å². The highest BCUT2D eigenvalue weighted by atomic mass is 16.5. The molecule has 1 saturated heterocycles. The van der Waals surface area contributed by atoms with E-state index in [1.807, 2.05) is 24.3 Å². The van der Waals surface area contributed by atoms with Gasteiger partial charge in [-0.25, -0.2) is 0 Å². The van der Waals surface area contributed by atoms with Crippen LogP contribution in [0.25, 0.3) is 5.57 Å². The lowest BCUT2D eigenvalue weighted by Crippen LogP contribution is -2.37. The topological polar surface area (TPSA) is 59.1 Å². The summed E-state index contributed by atoms with van der Waals surface area (Å²) in [5.74, 6) is 0.169. The summed E-state index contributed by atoms with van der Waals surface area (Å²) < 4.78 is 10.5. The number of benzene rings is 1. The zero-order valence-corrected chi connectivity index (χ0v) is 15.5. The molecule has 0 N–H and O–H groups in total. The number of para-hydroxylation sites is 1. The van der Waals surface area contributed by atoms with E-state index >= 15 is 0 Å². The minimum Gasteiger partial charge on any atom is -0.496 e. The zero-order chi connectivity index (χ0) is 18.5. The molecular formula is C20H26N2O4. The summed E-state index contributed by atoms with van der Waals surface area (Å²) in [5, 5.41) is 0. The molecule has 6 heteroatoms. The minimum atomic E-state index is -0.240. The number of methoxy groups -OCH3 is 2. The second kappa shape index (κ2) is 8.36. The van der Waals surface area contributed by atoms with E-state index in [4.69, 9.17) is 9.47 Å². The van der Waals surface area contributed by atoms with Crippen LogP contribution in [0.3, 0.4) is 0 Å². The third-order valence-corrected chi connectivity index (χ3v) is 4.92. The van der Waals surface area contributed by atoms with Crippen LogP contribution >= 0.6 is 0 Å². The fourth-order valence-corrected chi connectivity index (χ4v) is 3.64. The van der Waals surface area contributed by atoms with Crippen LogP contribution in [-0.2, 0) is 14.3 Å². The average molecular weight is 358 g/mol. The molecule has 0 aromatic heterocycles. The normalized spacial score (nSPS) is 18.1. The fourth-order valence-electron chi connectivity index (χ4n) is 3.64. The zero-order valence-electron chi connectivity index (χ0n) is 15.5. The van der Waals surface area contributed by atoms with Crippen LogP contribution in [0, 0.1) is 0 Å². The van der Waals surface area contributed by atoms with Crippen LogP contribution in [0.1, 0.15) is 31.2 Å². The Kier molecular flexibility index (Phi) is 5.93. The van der Waals surface area contributed by atoms with Gasteiger partial charge in [0.25, 0.3) is 11.8 Å². The van der Waals surface area contributed by atoms with Crippen molar-refractivity contribution in [3.05, 3.63) is 35.5 Å². The molecule has 6 nitrogen and oxygen atoms in total. The Hall–Kier alpha value is -2.34. The SMILES string of the molecule is COCCCN1C(=O)C(c2ccccc2OC)=C(N2CCCCC2)C1=O. The predicted octanol–water partition coefficient (Wildman–Crippen LogP) is 2.30. The quantitative estimate of drug-likeness (QED) is 0.553. The number of piperidine rings is 1. The van der Waals surface area contributed by atoms with Crippen molar-refractivity contribution in [3.63, 3.8) is 0 Å². The van der Waals surface area contributed by atoms with Crippen molar-refractivity contribution in [2.75, 3.05) is 40.5 Å². The van der Waals surface area contributed by atoms with E-state index in [0.29, 0.717) is 42.2 Å². The van der Waals surface area contributed by atoms with Crippen molar-refractivity contribution in [2.24, 2.45) is 0 Å². The summed E-state index contributed by atoms with van der Waals surface area (Å²) in [6, 6.07) is 7.40. The number of amides is 2. The minimum absolute atomic E-state index is 0.200. The molecule has 2 aliphatic heterocycles. The number of hydrogen-bond acceptors (Lipinski definition) is 5. The lowest BCUT2D eigenvalue weighted by molar-refractivity contribution is -0.137. The van der Waals surface area contributed by atoms with E-state index in [1.165, 1.54) is 4.90 Å². The van der Waals surface area contributed by atoms with E-state index in [9.17, 15) is 9.59 Å². The molecule has 0 aliphatic carbocycles.